The molecule has 0 radical (unpaired) electrons. The summed E-state index contributed by atoms with van der Waals surface area (Å²) in [6, 6.07) is 12.8. The van der Waals surface area contributed by atoms with E-state index in [-0.39, 0.29) is 0 Å². The van der Waals surface area contributed by atoms with Crippen LogP contribution in [0.3, 0.4) is 0 Å². The van der Waals surface area contributed by atoms with E-state index in [0.717, 1.165) is 52.8 Å². The van der Waals surface area contributed by atoms with Gasteiger partial charge in [-0.1, -0.05) is 25.5 Å². The molecule has 3 aromatic rings. The van der Waals surface area contributed by atoms with Crippen molar-refractivity contribution in [3.05, 3.63) is 59.0 Å². The van der Waals surface area contributed by atoms with Crippen molar-refractivity contribution in [2.24, 2.45) is 0 Å². The van der Waals surface area contributed by atoms with Gasteiger partial charge in [0.15, 0.2) is 5.13 Å². The molecule has 0 saturated carbocycles. The van der Waals surface area contributed by atoms with E-state index in [9.17, 15) is 9.59 Å². The average molecular weight is 484 g/mol. The van der Waals surface area contributed by atoms with E-state index in [1.54, 1.807) is 37.7 Å². The number of hydrogen-bond acceptors (Lipinski definition) is 7. The molecule has 8 nitrogen and oxygen atoms in total. The first-order valence-corrected chi connectivity index (χ1v) is 11.8. The van der Waals surface area contributed by atoms with Crippen LogP contribution in [0.25, 0.3) is 11.3 Å². The van der Waals surface area contributed by atoms with Crippen LogP contribution in [0.5, 0.6) is 11.5 Å². The number of carbonyl (C=O) groups excluding carboxylic acids is 1. The Kier molecular flexibility index (Phi) is 8.86. The second-order valence-corrected chi connectivity index (χ2v) is 8.47. The Bertz CT molecular complexity index is 1110. The van der Waals surface area contributed by atoms with Crippen molar-refractivity contribution in [2.45, 2.75) is 26.3 Å². The third-order valence-corrected chi connectivity index (χ3v) is 6.12. The number of thiazole rings is 1. The number of methoxy groups -OCH3 is 2. The maximum absolute atomic E-state index is 12.1. The number of nitrogens with zero attached hydrogens (tertiary/aromatic N) is 2. The molecular formula is C25H29N3O5S. The summed E-state index contributed by atoms with van der Waals surface area (Å²) in [5.41, 5.74) is 3.15. The van der Waals surface area contributed by atoms with Gasteiger partial charge >= 0.3 is 5.97 Å². The first-order valence-electron chi connectivity index (χ1n) is 11.0. The Balaban J connectivity index is 1.79. The fourth-order valence-corrected chi connectivity index (χ4v) is 4.23. The Morgan fingerprint density at radius 1 is 1.12 bits per heavy atom. The summed E-state index contributed by atoms with van der Waals surface area (Å²) < 4.78 is 10.9. The molecule has 0 saturated heterocycles. The van der Waals surface area contributed by atoms with Crippen LogP contribution in [-0.2, 0) is 11.3 Å². The zero-order valence-electron chi connectivity index (χ0n) is 19.5. The van der Waals surface area contributed by atoms with Crippen LogP contribution in [0.15, 0.2) is 47.8 Å². The molecular weight excluding hydrogens is 454 g/mol. The van der Waals surface area contributed by atoms with Crippen LogP contribution in [0.2, 0.25) is 0 Å². The number of rotatable bonds is 12. The highest BCUT2D eigenvalue weighted by Gasteiger charge is 2.16. The molecule has 0 aliphatic carbocycles. The largest absolute Gasteiger partial charge is 0.497 e. The number of aromatic nitrogens is 1. The number of nitrogens with one attached hydrogen (secondary N) is 1. The van der Waals surface area contributed by atoms with Gasteiger partial charge in [0.25, 0.3) is 5.91 Å². The summed E-state index contributed by atoms with van der Waals surface area (Å²) in [6.07, 6.45) is 2.08. The molecule has 0 bridgehead atoms. The van der Waals surface area contributed by atoms with Crippen molar-refractivity contribution in [1.29, 1.82) is 0 Å². The lowest BCUT2D eigenvalue weighted by Gasteiger charge is -2.22. The predicted molar refractivity (Wildman–Crippen MR) is 133 cm³/mol. The number of carboxylic acid groups (broad SMARTS) is 1. The van der Waals surface area contributed by atoms with Crippen LogP contribution in [0.4, 0.5) is 5.13 Å². The van der Waals surface area contributed by atoms with Crippen molar-refractivity contribution in [1.82, 2.24) is 10.3 Å². The third kappa shape index (κ3) is 6.48. The minimum atomic E-state index is -1.08. The molecule has 34 heavy (non-hydrogen) atoms. The number of ether oxygens (including phenoxy) is 2. The summed E-state index contributed by atoms with van der Waals surface area (Å²) in [7, 11) is 3.27. The zero-order valence-corrected chi connectivity index (χ0v) is 20.4. The molecule has 1 amide bonds. The van der Waals surface area contributed by atoms with Crippen molar-refractivity contribution in [3.8, 4) is 22.8 Å². The fraction of sp³-hybridized carbons (Fsp3) is 0.320. The van der Waals surface area contributed by atoms with Gasteiger partial charge in [0.1, 0.15) is 18.0 Å². The molecule has 0 aliphatic rings. The molecule has 0 atom stereocenters. The van der Waals surface area contributed by atoms with E-state index in [1.807, 2.05) is 35.7 Å². The second-order valence-electron chi connectivity index (χ2n) is 7.63. The van der Waals surface area contributed by atoms with Gasteiger partial charge in [-0.25, -0.2) is 4.98 Å². The van der Waals surface area contributed by atoms with Crippen LogP contribution in [0, 0.1) is 0 Å². The summed E-state index contributed by atoms with van der Waals surface area (Å²) in [4.78, 5) is 29.8. The summed E-state index contributed by atoms with van der Waals surface area (Å²) in [6.45, 7) is 3.23. The van der Waals surface area contributed by atoms with E-state index in [2.05, 4.69) is 17.1 Å². The van der Waals surface area contributed by atoms with Crippen LogP contribution >= 0.6 is 11.3 Å². The first kappa shape index (κ1) is 25.0. The highest BCUT2D eigenvalue weighted by atomic mass is 32.1. The Morgan fingerprint density at radius 2 is 1.88 bits per heavy atom. The lowest BCUT2D eigenvalue weighted by Crippen LogP contribution is -2.29. The molecule has 0 unspecified atom stereocenters. The molecule has 1 heterocycles. The van der Waals surface area contributed by atoms with Gasteiger partial charge < -0.3 is 24.8 Å². The molecule has 2 N–H and O–H groups in total. The number of anilines is 1. The Hall–Kier alpha value is -3.59. The summed E-state index contributed by atoms with van der Waals surface area (Å²) in [5, 5.41) is 14.0. The number of carboxylic acids is 1. The van der Waals surface area contributed by atoms with Crippen LogP contribution < -0.4 is 19.7 Å². The van der Waals surface area contributed by atoms with Crippen molar-refractivity contribution in [3.63, 3.8) is 0 Å². The molecule has 2 aromatic carbocycles. The van der Waals surface area contributed by atoms with Gasteiger partial charge in [0.2, 0.25) is 0 Å². The molecule has 9 heteroatoms. The molecule has 3 rings (SSSR count). The van der Waals surface area contributed by atoms with Crippen LogP contribution in [0.1, 0.15) is 35.7 Å². The topological polar surface area (TPSA) is 101 Å². The number of aliphatic carboxylic acids is 1. The summed E-state index contributed by atoms with van der Waals surface area (Å²) >= 11 is 1.57. The van der Waals surface area contributed by atoms with E-state index in [4.69, 9.17) is 19.6 Å². The molecule has 0 spiro atoms. The monoisotopic (exact) mass is 483 g/mol. The van der Waals surface area contributed by atoms with Gasteiger partial charge in [0, 0.05) is 29.6 Å². The average Bonchev–Trinajstić information content (AvgIpc) is 3.35. The standard InChI is InChI=1S/C25H29N3O5S/c1-4-5-12-28(15-17-6-8-18(9-7-17)24(31)26-14-23(29)30)25-27-21(16-34-25)20-13-19(32-2)10-11-22(20)33-3/h6-11,13,16H,4-5,12,14-15H2,1-3H3,(H,26,31)(H,29,30). The first-order chi connectivity index (χ1) is 16.4. The molecule has 0 aliphatic heterocycles. The third-order valence-electron chi connectivity index (χ3n) is 5.22. The number of carbonyl (C=O) groups is 2. The van der Waals surface area contributed by atoms with Crippen molar-refractivity contribution >= 4 is 28.3 Å². The molecule has 0 fully saturated rings. The smallest absolute Gasteiger partial charge is 0.322 e. The highest BCUT2D eigenvalue weighted by Crippen LogP contribution is 2.36. The Morgan fingerprint density at radius 3 is 2.53 bits per heavy atom. The lowest BCUT2D eigenvalue weighted by atomic mass is 10.1. The molecule has 180 valence electrons. The number of amides is 1. The Labute approximate surface area is 203 Å². The fourth-order valence-electron chi connectivity index (χ4n) is 3.38. The number of unbranched alkanes of at least 4 members (excludes halogenated alkanes) is 1. The maximum Gasteiger partial charge on any atom is 0.322 e. The minimum Gasteiger partial charge on any atom is -0.497 e. The SMILES string of the molecule is CCCCN(Cc1ccc(C(=O)NCC(=O)O)cc1)c1nc(-c2cc(OC)ccc2OC)cs1. The number of hydrogen-bond donors (Lipinski definition) is 2. The quantitative estimate of drug-likeness (QED) is 0.392. The molecule has 1 aromatic heterocycles. The second kappa shape index (κ2) is 12.0. The normalized spacial score (nSPS) is 10.6. The van der Waals surface area contributed by atoms with E-state index in [0.29, 0.717) is 12.1 Å². The van der Waals surface area contributed by atoms with E-state index < -0.39 is 18.4 Å². The van der Waals surface area contributed by atoms with Gasteiger partial charge in [-0.3, -0.25) is 9.59 Å². The zero-order chi connectivity index (χ0) is 24.5. The van der Waals surface area contributed by atoms with Crippen molar-refractivity contribution < 1.29 is 24.2 Å². The van der Waals surface area contributed by atoms with Gasteiger partial charge in [-0.05, 0) is 42.3 Å². The maximum atomic E-state index is 12.1. The summed E-state index contributed by atoms with van der Waals surface area (Å²) in [5.74, 6) is -0.0188. The lowest BCUT2D eigenvalue weighted by molar-refractivity contribution is -0.135. The van der Waals surface area contributed by atoms with E-state index >= 15 is 0 Å². The highest BCUT2D eigenvalue weighted by molar-refractivity contribution is 7.14. The van der Waals surface area contributed by atoms with Crippen molar-refractivity contribution in [2.75, 3.05) is 32.2 Å². The van der Waals surface area contributed by atoms with Gasteiger partial charge in [0.05, 0.1) is 19.9 Å². The minimum absolute atomic E-state index is 0.407. The van der Waals surface area contributed by atoms with Gasteiger partial charge in [-0.15, -0.1) is 11.3 Å². The predicted octanol–water partition coefficient (Wildman–Crippen LogP) is 4.45. The van der Waals surface area contributed by atoms with E-state index in [1.165, 1.54) is 0 Å². The van der Waals surface area contributed by atoms with Gasteiger partial charge in [-0.2, -0.15) is 0 Å². The number of benzene rings is 2. The van der Waals surface area contributed by atoms with Crippen LogP contribution in [-0.4, -0.2) is 49.3 Å².